The van der Waals surface area contributed by atoms with Crippen molar-refractivity contribution < 1.29 is 0 Å². The van der Waals surface area contributed by atoms with Gasteiger partial charge in [-0.25, -0.2) is 0 Å². The van der Waals surface area contributed by atoms with Crippen molar-refractivity contribution in [2.24, 2.45) is 5.41 Å². The van der Waals surface area contributed by atoms with Crippen molar-refractivity contribution in [3.8, 4) is 6.07 Å². The van der Waals surface area contributed by atoms with E-state index in [1.54, 1.807) is 6.08 Å². The van der Waals surface area contributed by atoms with Crippen LogP contribution in [0.25, 0.3) is 0 Å². The van der Waals surface area contributed by atoms with E-state index in [1.165, 1.54) is 11.3 Å². The SMILES string of the molecule is CN1CCN(C2=C3CSCC34C/C(=C\C#N)C=CC4N(Cl)C=C2)CC1. The van der Waals surface area contributed by atoms with Crippen molar-refractivity contribution in [2.75, 3.05) is 44.7 Å². The van der Waals surface area contributed by atoms with Crippen LogP contribution in [0.4, 0.5) is 0 Å². The standard InChI is InChI=1S/C19H23ClN4S/c1-22-8-10-23(11-9-22)17-5-7-24(20)18-3-2-15(4-6-21)12-19(18)14-25-13-16(17)19/h2-5,7,18H,8-14H2,1H3/b15-4-. The zero-order valence-electron chi connectivity index (χ0n) is 14.5. The number of halogens is 1. The minimum Gasteiger partial charge on any atom is -0.369 e. The Kier molecular flexibility index (Phi) is 4.61. The van der Waals surface area contributed by atoms with Crippen molar-refractivity contribution in [1.82, 2.24) is 14.2 Å². The average Bonchev–Trinajstić information content (AvgIpc) is 2.95. The second-order valence-electron chi connectivity index (χ2n) is 7.29. The van der Waals surface area contributed by atoms with E-state index in [1.807, 2.05) is 22.4 Å². The van der Waals surface area contributed by atoms with Crippen LogP contribution < -0.4 is 0 Å². The molecule has 1 aliphatic carbocycles. The third-order valence-electron chi connectivity index (χ3n) is 5.83. The quantitative estimate of drug-likeness (QED) is 0.520. The Bertz CT molecular complexity index is 711. The Hall–Kier alpha value is -1.35. The largest absolute Gasteiger partial charge is 0.369 e. The molecule has 2 unspecified atom stereocenters. The van der Waals surface area contributed by atoms with E-state index in [9.17, 15) is 0 Å². The molecule has 3 aliphatic heterocycles. The molecule has 0 aromatic carbocycles. The molecule has 0 radical (unpaired) electrons. The number of piperazine rings is 1. The minimum absolute atomic E-state index is 0.00790. The van der Waals surface area contributed by atoms with Crippen LogP contribution in [0.15, 0.2) is 47.3 Å². The summed E-state index contributed by atoms with van der Waals surface area (Å²) in [5.41, 5.74) is 3.98. The first-order valence-electron chi connectivity index (χ1n) is 8.78. The van der Waals surface area contributed by atoms with Gasteiger partial charge < -0.3 is 9.80 Å². The lowest BCUT2D eigenvalue weighted by molar-refractivity contribution is 0.185. The molecule has 2 saturated heterocycles. The number of nitriles is 1. The second-order valence-corrected chi connectivity index (χ2v) is 8.67. The average molecular weight is 375 g/mol. The number of thioether (sulfide) groups is 1. The summed E-state index contributed by atoms with van der Waals surface area (Å²) < 4.78 is 1.84. The number of nitrogens with zero attached hydrogens (tertiary/aromatic N) is 4. The van der Waals surface area contributed by atoms with Gasteiger partial charge in [0.25, 0.3) is 0 Å². The van der Waals surface area contributed by atoms with E-state index < -0.39 is 0 Å². The molecule has 132 valence electrons. The van der Waals surface area contributed by atoms with Gasteiger partial charge in [0.1, 0.15) is 0 Å². The third kappa shape index (κ3) is 2.91. The topological polar surface area (TPSA) is 33.5 Å². The Morgan fingerprint density at radius 3 is 2.88 bits per heavy atom. The van der Waals surface area contributed by atoms with E-state index in [0.29, 0.717) is 0 Å². The molecular formula is C19H23ClN4S. The molecule has 4 aliphatic rings. The molecular weight excluding hydrogens is 352 g/mol. The highest BCUT2D eigenvalue weighted by Crippen LogP contribution is 2.54. The van der Waals surface area contributed by atoms with Gasteiger partial charge in [-0.15, -0.1) is 0 Å². The van der Waals surface area contributed by atoms with Crippen LogP contribution in [0.2, 0.25) is 0 Å². The highest BCUT2D eigenvalue weighted by Gasteiger charge is 2.50. The summed E-state index contributed by atoms with van der Waals surface area (Å²) in [5.74, 6) is 2.11. The molecule has 0 saturated carbocycles. The van der Waals surface area contributed by atoms with Crippen molar-refractivity contribution >= 4 is 23.5 Å². The van der Waals surface area contributed by atoms with Crippen molar-refractivity contribution in [1.29, 1.82) is 5.26 Å². The third-order valence-corrected chi connectivity index (χ3v) is 7.36. The molecule has 0 amide bonds. The Morgan fingerprint density at radius 2 is 2.12 bits per heavy atom. The number of likely N-dealkylation sites (N-methyl/N-ethyl adjacent to an activating group) is 1. The fourth-order valence-electron chi connectivity index (χ4n) is 4.42. The first kappa shape index (κ1) is 17.1. The molecule has 0 aromatic rings. The molecule has 6 heteroatoms. The summed E-state index contributed by atoms with van der Waals surface area (Å²) in [4.78, 5) is 4.91. The number of rotatable bonds is 1. The predicted octanol–water partition coefficient (Wildman–Crippen LogP) is 2.98. The molecule has 3 heterocycles. The zero-order valence-corrected chi connectivity index (χ0v) is 16.1. The second kappa shape index (κ2) is 6.75. The van der Waals surface area contributed by atoms with Crippen LogP contribution in [0.3, 0.4) is 0 Å². The van der Waals surface area contributed by atoms with Gasteiger partial charge in [0, 0.05) is 72.8 Å². The van der Waals surface area contributed by atoms with Crippen LogP contribution in [0, 0.1) is 16.7 Å². The maximum atomic E-state index is 9.10. The molecule has 25 heavy (non-hydrogen) atoms. The Balaban J connectivity index is 1.78. The highest BCUT2D eigenvalue weighted by atomic mass is 35.5. The van der Waals surface area contributed by atoms with Crippen LogP contribution in [0.5, 0.6) is 0 Å². The van der Waals surface area contributed by atoms with Gasteiger partial charge in [-0.05, 0) is 30.7 Å². The summed E-state index contributed by atoms with van der Waals surface area (Å²) in [6.45, 7) is 4.31. The van der Waals surface area contributed by atoms with Gasteiger partial charge in [-0.3, -0.25) is 4.42 Å². The van der Waals surface area contributed by atoms with E-state index in [2.05, 4.69) is 41.1 Å². The highest BCUT2D eigenvalue weighted by molar-refractivity contribution is 7.99. The zero-order chi connectivity index (χ0) is 17.4. The maximum absolute atomic E-state index is 9.10. The van der Waals surface area contributed by atoms with E-state index in [-0.39, 0.29) is 11.5 Å². The van der Waals surface area contributed by atoms with Crippen molar-refractivity contribution in [3.63, 3.8) is 0 Å². The van der Waals surface area contributed by atoms with Gasteiger partial charge in [0.15, 0.2) is 0 Å². The molecule has 4 rings (SSSR count). The minimum atomic E-state index is -0.00790. The normalized spacial score (nSPS) is 34.1. The molecule has 0 bridgehead atoms. The predicted molar refractivity (Wildman–Crippen MR) is 104 cm³/mol. The summed E-state index contributed by atoms with van der Waals surface area (Å²) in [7, 11) is 2.19. The molecule has 0 aromatic heterocycles. The summed E-state index contributed by atoms with van der Waals surface area (Å²) in [5, 5.41) is 9.10. The lowest BCUT2D eigenvalue weighted by atomic mass is 9.68. The van der Waals surface area contributed by atoms with E-state index in [0.717, 1.165) is 49.7 Å². The van der Waals surface area contributed by atoms with Crippen LogP contribution >= 0.6 is 23.5 Å². The smallest absolute Gasteiger partial charge is 0.0914 e. The van der Waals surface area contributed by atoms with Gasteiger partial charge in [-0.2, -0.15) is 17.0 Å². The monoisotopic (exact) mass is 374 g/mol. The number of allylic oxidation sites excluding steroid dienone is 4. The summed E-state index contributed by atoms with van der Waals surface area (Å²) in [6, 6.07) is 2.35. The summed E-state index contributed by atoms with van der Waals surface area (Å²) >= 11 is 8.65. The lowest BCUT2D eigenvalue weighted by Gasteiger charge is -2.43. The van der Waals surface area contributed by atoms with Gasteiger partial charge in [-0.1, -0.05) is 12.2 Å². The van der Waals surface area contributed by atoms with Crippen LogP contribution in [0.1, 0.15) is 6.42 Å². The van der Waals surface area contributed by atoms with Crippen molar-refractivity contribution in [3.05, 3.63) is 47.3 Å². The fraction of sp³-hybridized carbons (Fsp3) is 0.526. The maximum Gasteiger partial charge on any atom is 0.0914 e. The van der Waals surface area contributed by atoms with Crippen molar-refractivity contribution in [2.45, 2.75) is 12.5 Å². The molecule has 4 nitrogen and oxygen atoms in total. The lowest BCUT2D eigenvalue weighted by Crippen LogP contribution is -2.46. The summed E-state index contributed by atoms with van der Waals surface area (Å²) in [6.07, 6.45) is 11.1. The Labute approximate surface area is 159 Å². The van der Waals surface area contributed by atoms with Gasteiger partial charge in [0.05, 0.1) is 12.1 Å². The first-order chi connectivity index (χ1) is 12.1. The van der Waals surface area contributed by atoms with Crippen LogP contribution in [-0.2, 0) is 0 Å². The fourth-order valence-corrected chi connectivity index (χ4v) is 6.28. The van der Waals surface area contributed by atoms with Crippen LogP contribution in [-0.4, -0.2) is 65.0 Å². The van der Waals surface area contributed by atoms with Gasteiger partial charge >= 0.3 is 0 Å². The Morgan fingerprint density at radius 1 is 1.32 bits per heavy atom. The number of hydrogen-bond donors (Lipinski definition) is 0. The molecule has 2 fully saturated rings. The number of hydrogen-bond acceptors (Lipinski definition) is 5. The molecule has 1 spiro atoms. The first-order valence-corrected chi connectivity index (χ1v) is 10.3. The van der Waals surface area contributed by atoms with E-state index >= 15 is 0 Å². The van der Waals surface area contributed by atoms with E-state index in [4.69, 9.17) is 17.0 Å². The molecule has 0 N–H and O–H groups in total. The van der Waals surface area contributed by atoms with Gasteiger partial charge in [0.2, 0.25) is 0 Å². The molecule has 2 atom stereocenters.